The molecule has 2 aromatic carbocycles. The van der Waals surface area contributed by atoms with Gasteiger partial charge in [0.25, 0.3) is 0 Å². The Kier molecular flexibility index (Phi) is 7.54. The van der Waals surface area contributed by atoms with E-state index in [-0.39, 0.29) is 11.3 Å². The summed E-state index contributed by atoms with van der Waals surface area (Å²) < 4.78 is 0. The van der Waals surface area contributed by atoms with Crippen LogP contribution in [0.5, 0.6) is 5.75 Å². The zero-order valence-electron chi connectivity index (χ0n) is 16.7. The van der Waals surface area contributed by atoms with Crippen LogP contribution in [0.25, 0.3) is 5.70 Å². The van der Waals surface area contributed by atoms with Gasteiger partial charge in [0, 0.05) is 31.4 Å². The van der Waals surface area contributed by atoms with Gasteiger partial charge in [-0.3, -0.25) is 0 Å². The molecule has 0 aromatic heterocycles. The fraction of sp³-hybridized carbons (Fsp3) is 0.227. The highest BCUT2D eigenvalue weighted by molar-refractivity contribution is 5.87. The Bertz CT molecular complexity index is 905. The molecule has 0 spiro atoms. The third-order valence-corrected chi connectivity index (χ3v) is 4.65. The molecule has 0 aliphatic carbocycles. The van der Waals surface area contributed by atoms with Gasteiger partial charge in [0.05, 0.1) is 11.3 Å². The van der Waals surface area contributed by atoms with Gasteiger partial charge in [-0.2, -0.15) is 0 Å². The largest absolute Gasteiger partial charge is 0.507 e. The summed E-state index contributed by atoms with van der Waals surface area (Å²) in [4.78, 5) is 13.1. The molecule has 0 heterocycles. The zero-order valence-corrected chi connectivity index (χ0v) is 16.7. The smallest absolute Gasteiger partial charge is 0.335 e. The lowest BCUT2D eigenvalue weighted by Gasteiger charge is -2.26. The lowest BCUT2D eigenvalue weighted by molar-refractivity contribution is 0.0697. The zero-order chi connectivity index (χ0) is 21.4. The average molecular weight is 396 g/mol. The topological polar surface area (TPSA) is 125 Å². The van der Waals surface area contributed by atoms with E-state index in [1.807, 2.05) is 19.1 Å². The minimum absolute atomic E-state index is 0.102. The molecule has 0 bridgehead atoms. The standard InChI is InChI=1S/C22H28N4O3/c1-3-26(13-12-15-8-10-16(11-9-15)22(28)29)19(21(24)25-2)14-18(23)17-6-4-5-7-20(17)27/h4-11,14,25,27H,3,12-13,23-24H2,1-2H3,(H,28,29)/b18-14-,21-19-. The second kappa shape index (κ2) is 10.1. The summed E-state index contributed by atoms with van der Waals surface area (Å²) in [5.41, 5.74) is 15.4. The molecular formula is C22H28N4O3. The maximum absolute atomic E-state index is 11.0. The average Bonchev–Trinajstić information content (AvgIpc) is 2.73. The Hall–Kier alpha value is -3.61. The van der Waals surface area contributed by atoms with Crippen LogP contribution in [0.3, 0.4) is 0 Å². The molecule has 2 rings (SSSR count). The summed E-state index contributed by atoms with van der Waals surface area (Å²) >= 11 is 0. The highest BCUT2D eigenvalue weighted by atomic mass is 16.4. The summed E-state index contributed by atoms with van der Waals surface area (Å²) in [6.45, 7) is 3.36. The predicted molar refractivity (Wildman–Crippen MR) is 115 cm³/mol. The second-order valence-corrected chi connectivity index (χ2v) is 6.50. The van der Waals surface area contributed by atoms with Gasteiger partial charge >= 0.3 is 5.97 Å². The Morgan fingerprint density at radius 3 is 2.34 bits per heavy atom. The number of hydrogen-bond acceptors (Lipinski definition) is 6. The summed E-state index contributed by atoms with van der Waals surface area (Å²) in [5, 5.41) is 22.0. The van der Waals surface area contributed by atoms with Gasteiger partial charge in [-0.05, 0) is 49.2 Å². The van der Waals surface area contributed by atoms with Crippen molar-refractivity contribution in [3.8, 4) is 5.75 Å². The second-order valence-electron chi connectivity index (χ2n) is 6.50. The van der Waals surface area contributed by atoms with Crippen molar-refractivity contribution in [2.75, 3.05) is 20.1 Å². The van der Waals surface area contributed by atoms with Crippen molar-refractivity contribution in [1.29, 1.82) is 0 Å². The van der Waals surface area contributed by atoms with Gasteiger partial charge in [0.15, 0.2) is 0 Å². The molecule has 2 aromatic rings. The van der Waals surface area contributed by atoms with Crippen molar-refractivity contribution >= 4 is 11.7 Å². The molecular weight excluding hydrogens is 368 g/mol. The van der Waals surface area contributed by atoms with Crippen LogP contribution in [0.15, 0.2) is 66.1 Å². The number of carbonyl (C=O) groups is 1. The van der Waals surface area contributed by atoms with Crippen molar-refractivity contribution in [2.45, 2.75) is 13.3 Å². The lowest BCUT2D eigenvalue weighted by atomic mass is 10.1. The number of carboxylic acid groups (broad SMARTS) is 1. The third-order valence-electron chi connectivity index (χ3n) is 4.65. The number of hydrogen-bond donors (Lipinski definition) is 5. The summed E-state index contributed by atoms with van der Waals surface area (Å²) in [5.74, 6) is -0.375. The Morgan fingerprint density at radius 1 is 1.14 bits per heavy atom. The van der Waals surface area contributed by atoms with E-state index >= 15 is 0 Å². The quantitative estimate of drug-likeness (QED) is 0.412. The molecule has 7 heteroatoms. The molecule has 7 N–H and O–H groups in total. The van der Waals surface area contributed by atoms with Crippen LogP contribution in [0.2, 0.25) is 0 Å². The molecule has 0 aliphatic heterocycles. The van der Waals surface area contributed by atoms with Crippen LogP contribution in [-0.2, 0) is 6.42 Å². The number of allylic oxidation sites excluding steroid dienone is 1. The first kappa shape index (κ1) is 21.7. The fourth-order valence-corrected chi connectivity index (χ4v) is 2.94. The molecule has 0 aliphatic rings. The van der Waals surface area contributed by atoms with Gasteiger partial charge < -0.3 is 31.9 Å². The number of aromatic hydroxyl groups is 1. The summed E-state index contributed by atoms with van der Waals surface area (Å²) in [6.07, 6.45) is 2.45. The number of phenols is 1. The minimum atomic E-state index is -0.941. The van der Waals surface area contributed by atoms with Crippen molar-refractivity contribution in [3.05, 3.63) is 82.8 Å². The van der Waals surface area contributed by atoms with Crippen LogP contribution >= 0.6 is 0 Å². The third kappa shape index (κ3) is 5.68. The highest BCUT2D eigenvalue weighted by Crippen LogP contribution is 2.23. The number of para-hydroxylation sites is 1. The van der Waals surface area contributed by atoms with Crippen molar-refractivity contribution in [3.63, 3.8) is 0 Å². The van der Waals surface area contributed by atoms with Crippen LogP contribution in [0.4, 0.5) is 0 Å². The van der Waals surface area contributed by atoms with E-state index in [0.29, 0.717) is 36.6 Å². The Balaban J connectivity index is 2.24. The molecule has 0 atom stereocenters. The van der Waals surface area contributed by atoms with E-state index in [2.05, 4.69) is 10.2 Å². The molecule has 0 saturated heterocycles. The molecule has 0 radical (unpaired) electrons. The van der Waals surface area contributed by atoms with Gasteiger partial charge in [-0.15, -0.1) is 0 Å². The van der Waals surface area contributed by atoms with Gasteiger partial charge in [-0.1, -0.05) is 24.3 Å². The molecule has 7 nitrogen and oxygen atoms in total. The molecule has 29 heavy (non-hydrogen) atoms. The number of benzene rings is 2. The fourth-order valence-electron chi connectivity index (χ4n) is 2.94. The number of nitrogens with one attached hydrogen (secondary N) is 1. The first-order valence-corrected chi connectivity index (χ1v) is 9.37. The summed E-state index contributed by atoms with van der Waals surface area (Å²) in [6, 6.07) is 13.7. The SMILES string of the molecule is CCN(CCc1ccc(C(=O)O)cc1)C(/C=C(\N)c1ccccc1O)=C(/N)NC. The first-order valence-electron chi connectivity index (χ1n) is 9.37. The number of nitrogens with zero attached hydrogens (tertiary/aromatic N) is 1. The van der Waals surface area contributed by atoms with Crippen LogP contribution in [0, 0.1) is 0 Å². The Morgan fingerprint density at radius 2 is 1.79 bits per heavy atom. The highest BCUT2D eigenvalue weighted by Gasteiger charge is 2.13. The van der Waals surface area contributed by atoms with E-state index in [9.17, 15) is 9.90 Å². The van der Waals surface area contributed by atoms with Crippen molar-refractivity contribution < 1.29 is 15.0 Å². The van der Waals surface area contributed by atoms with Crippen LogP contribution < -0.4 is 16.8 Å². The molecule has 0 saturated carbocycles. The summed E-state index contributed by atoms with van der Waals surface area (Å²) in [7, 11) is 1.73. The van der Waals surface area contributed by atoms with E-state index in [1.54, 1.807) is 49.5 Å². The molecule has 0 fully saturated rings. The number of phenolic OH excluding ortho intramolecular Hbond substituents is 1. The maximum atomic E-state index is 11.0. The van der Waals surface area contributed by atoms with Crippen LogP contribution in [-0.4, -0.2) is 41.2 Å². The van der Waals surface area contributed by atoms with E-state index in [1.165, 1.54) is 0 Å². The maximum Gasteiger partial charge on any atom is 0.335 e. The van der Waals surface area contributed by atoms with Gasteiger partial charge in [0.2, 0.25) is 0 Å². The number of carboxylic acids is 1. The predicted octanol–water partition coefficient (Wildman–Crippen LogP) is 2.30. The number of aromatic carboxylic acids is 1. The molecule has 0 amide bonds. The van der Waals surface area contributed by atoms with Crippen LogP contribution in [0.1, 0.15) is 28.4 Å². The first-order chi connectivity index (χ1) is 13.9. The van der Waals surface area contributed by atoms with E-state index in [4.69, 9.17) is 16.6 Å². The number of rotatable bonds is 9. The van der Waals surface area contributed by atoms with Gasteiger partial charge in [-0.25, -0.2) is 4.79 Å². The van der Waals surface area contributed by atoms with Gasteiger partial charge in [0.1, 0.15) is 11.6 Å². The van der Waals surface area contributed by atoms with E-state index < -0.39 is 5.97 Å². The minimum Gasteiger partial charge on any atom is -0.507 e. The van der Waals surface area contributed by atoms with Crippen molar-refractivity contribution in [2.24, 2.45) is 11.5 Å². The lowest BCUT2D eigenvalue weighted by Crippen LogP contribution is -2.31. The normalized spacial score (nSPS) is 12.3. The Labute approximate surface area is 170 Å². The van der Waals surface area contributed by atoms with E-state index in [0.717, 1.165) is 11.3 Å². The monoisotopic (exact) mass is 396 g/mol. The number of likely N-dealkylation sites (N-methyl/N-ethyl adjacent to an activating group) is 1. The molecule has 0 unspecified atom stereocenters. The number of nitrogens with two attached hydrogens (primary N) is 2. The van der Waals surface area contributed by atoms with Crippen molar-refractivity contribution in [1.82, 2.24) is 10.2 Å². The molecule has 154 valence electrons.